The Morgan fingerprint density at radius 1 is 1.40 bits per heavy atom. The largest absolute Gasteiger partial charge is 0.339 e. The number of aryl methyl sites for hydroxylation is 1. The Kier molecular flexibility index (Phi) is 5.09. The van der Waals surface area contributed by atoms with E-state index in [9.17, 15) is 4.39 Å². The SMILES string of the molecule is CC(C)NCCCc1nc(-c2ccc(F)cc2Cl)no1. The van der Waals surface area contributed by atoms with Crippen LogP contribution in [0.4, 0.5) is 4.39 Å². The first-order valence-electron chi connectivity index (χ1n) is 6.57. The molecule has 1 N–H and O–H groups in total. The van der Waals surface area contributed by atoms with E-state index in [1.54, 1.807) is 6.07 Å². The van der Waals surface area contributed by atoms with Crippen LogP contribution >= 0.6 is 11.6 Å². The van der Waals surface area contributed by atoms with Crippen molar-refractivity contribution >= 4 is 11.6 Å². The molecule has 6 heteroatoms. The normalized spacial score (nSPS) is 11.2. The van der Waals surface area contributed by atoms with E-state index in [1.165, 1.54) is 12.1 Å². The average Bonchev–Trinajstić information content (AvgIpc) is 2.83. The van der Waals surface area contributed by atoms with Gasteiger partial charge in [-0.25, -0.2) is 4.39 Å². The van der Waals surface area contributed by atoms with Crippen LogP contribution in [0.2, 0.25) is 5.02 Å². The molecule has 0 saturated carbocycles. The van der Waals surface area contributed by atoms with E-state index in [4.69, 9.17) is 16.1 Å². The van der Waals surface area contributed by atoms with Crippen molar-refractivity contribution < 1.29 is 8.91 Å². The number of benzene rings is 1. The smallest absolute Gasteiger partial charge is 0.227 e. The predicted octanol–water partition coefficient (Wildman–Crippen LogP) is 3.46. The molecule has 0 saturated heterocycles. The highest BCUT2D eigenvalue weighted by molar-refractivity contribution is 6.33. The maximum atomic E-state index is 13.0. The van der Waals surface area contributed by atoms with Gasteiger partial charge in [0, 0.05) is 18.0 Å². The lowest BCUT2D eigenvalue weighted by atomic mass is 10.2. The average molecular weight is 298 g/mol. The van der Waals surface area contributed by atoms with Gasteiger partial charge in [0.15, 0.2) is 0 Å². The Labute approximate surface area is 122 Å². The fourth-order valence-corrected chi connectivity index (χ4v) is 2.02. The van der Waals surface area contributed by atoms with E-state index in [-0.39, 0.29) is 10.8 Å². The fourth-order valence-electron chi connectivity index (χ4n) is 1.77. The third-order valence-electron chi connectivity index (χ3n) is 2.76. The summed E-state index contributed by atoms with van der Waals surface area (Å²) in [5.41, 5.74) is 0.573. The third-order valence-corrected chi connectivity index (χ3v) is 3.07. The Morgan fingerprint density at radius 3 is 2.90 bits per heavy atom. The minimum absolute atomic E-state index is 0.277. The van der Waals surface area contributed by atoms with Gasteiger partial charge in [-0.1, -0.05) is 30.6 Å². The van der Waals surface area contributed by atoms with Crippen LogP contribution in [-0.4, -0.2) is 22.7 Å². The number of hydrogen-bond donors (Lipinski definition) is 1. The van der Waals surface area contributed by atoms with Crippen molar-refractivity contribution in [2.45, 2.75) is 32.7 Å². The van der Waals surface area contributed by atoms with Gasteiger partial charge in [-0.3, -0.25) is 0 Å². The van der Waals surface area contributed by atoms with Crippen molar-refractivity contribution in [1.82, 2.24) is 15.5 Å². The molecule has 0 aliphatic heterocycles. The van der Waals surface area contributed by atoms with Crippen molar-refractivity contribution in [2.24, 2.45) is 0 Å². The molecule has 2 rings (SSSR count). The monoisotopic (exact) mass is 297 g/mol. The second-order valence-corrected chi connectivity index (χ2v) is 5.26. The van der Waals surface area contributed by atoms with Crippen molar-refractivity contribution in [2.75, 3.05) is 6.54 Å². The predicted molar refractivity (Wildman–Crippen MR) is 76.2 cm³/mol. The molecule has 0 fully saturated rings. The second-order valence-electron chi connectivity index (χ2n) is 4.85. The van der Waals surface area contributed by atoms with E-state index in [1.807, 2.05) is 0 Å². The van der Waals surface area contributed by atoms with E-state index in [0.29, 0.717) is 29.7 Å². The first-order chi connectivity index (χ1) is 9.56. The standard InChI is InChI=1S/C14H17ClFN3O/c1-9(2)17-7-3-4-13-18-14(19-20-13)11-6-5-10(16)8-12(11)15/h5-6,8-9,17H,3-4,7H2,1-2H3. The van der Waals surface area contributed by atoms with E-state index in [0.717, 1.165) is 13.0 Å². The second kappa shape index (κ2) is 6.81. The Bertz CT molecular complexity index is 571. The molecule has 0 aliphatic rings. The topological polar surface area (TPSA) is 51.0 Å². The molecule has 1 heterocycles. The van der Waals surface area contributed by atoms with Crippen molar-refractivity contribution in [1.29, 1.82) is 0 Å². The number of rotatable bonds is 6. The van der Waals surface area contributed by atoms with Crippen LogP contribution in [0.15, 0.2) is 22.7 Å². The molecule has 0 bridgehead atoms. The number of nitrogens with one attached hydrogen (secondary N) is 1. The van der Waals surface area contributed by atoms with Gasteiger partial charge in [0.2, 0.25) is 11.7 Å². The molecule has 0 atom stereocenters. The molecule has 0 aliphatic carbocycles. The van der Waals surface area contributed by atoms with Crippen LogP contribution in [0.25, 0.3) is 11.4 Å². The van der Waals surface area contributed by atoms with Gasteiger partial charge in [0.05, 0.1) is 5.02 Å². The summed E-state index contributed by atoms with van der Waals surface area (Å²) in [5.74, 6) is 0.565. The first kappa shape index (κ1) is 14.9. The third kappa shape index (κ3) is 4.02. The van der Waals surface area contributed by atoms with Crippen LogP contribution in [-0.2, 0) is 6.42 Å². The van der Waals surface area contributed by atoms with Crippen LogP contribution in [0.1, 0.15) is 26.2 Å². The van der Waals surface area contributed by atoms with Gasteiger partial charge in [-0.15, -0.1) is 0 Å². The van der Waals surface area contributed by atoms with Gasteiger partial charge in [0.1, 0.15) is 5.82 Å². The van der Waals surface area contributed by atoms with Crippen molar-refractivity contribution in [3.8, 4) is 11.4 Å². The molecular formula is C14H17ClFN3O. The molecule has 1 aromatic heterocycles. The highest BCUT2D eigenvalue weighted by atomic mass is 35.5. The maximum Gasteiger partial charge on any atom is 0.227 e. The van der Waals surface area contributed by atoms with E-state index < -0.39 is 0 Å². The molecule has 0 radical (unpaired) electrons. The molecule has 20 heavy (non-hydrogen) atoms. The van der Waals surface area contributed by atoms with Gasteiger partial charge >= 0.3 is 0 Å². The van der Waals surface area contributed by atoms with Gasteiger partial charge in [0.25, 0.3) is 0 Å². The summed E-state index contributed by atoms with van der Waals surface area (Å²) in [6, 6.07) is 4.57. The zero-order chi connectivity index (χ0) is 14.5. The van der Waals surface area contributed by atoms with E-state index in [2.05, 4.69) is 29.3 Å². The highest BCUT2D eigenvalue weighted by Crippen LogP contribution is 2.26. The van der Waals surface area contributed by atoms with Gasteiger partial charge in [-0.2, -0.15) is 4.98 Å². The molecule has 2 aromatic rings. The summed E-state index contributed by atoms with van der Waals surface area (Å²) in [7, 11) is 0. The number of aromatic nitrogens is 2. The van der Waals surface area contributed by atoms with Crippen molar-refractivity contribution in [3.05, 3.63) is 34.9 Å². The minimum Gasteiger partial charge on any atom is -0.339 e. The zero-order valence-electron chi connectivity index (χ0n) is 11.5. The fraction of sp³-hybridized carbons (Fsp3) is 0.429. The van der Waals surface area contributed by atoms with Crippen LogP contribution in [0.3, 0.4) is 0 Å². The first-order valence-corrected chi connectivity index (χ1v) is 6.95. The summed E-state index contributed by atoms with van der Waals surface area (Å²) in [5, 5.41) is 7.47. The summed E-state index contributed by atoms with van der Waals surface area (Å²) in [6.07, 6.45) is 1.61. The van der Waals surface area contributed by atoms with E-state index >= 15 is 0 Å². The number of hydrogen-bond acceptors (Lipinski definition) is 4. The summed E-state index contributed by atoms with van der Waals surface area (Å²) < 4.78 is 18.2. The molecule has 0 unspecified atom stereocenters. The van der Waals surface area contributed by atoms with Crippen LogP contribution in [0, 0.1) is 5.82 Å². The quantitative estimate of drug-likeness (QED) is 0.830. The lowest BCUT2D eigenvalue weighted by Gasteiger charge is -2.05. The number of halogens is 2. The molecule has 4 nitrogen and oxygen atoms in total. The van der Waals surface area contributed by atoms with Crippen molar-refractivity contribution in [3.63, 3.8) is 0 Å². The molecule has 1 aromatic carbocycles. The Hall–Kier alpha value is -1.46. The molecule has 0 spiro atoms. The van der Waals surface area contributed by atoms with Crippen LogP contribution < -0.4 is 5.32 Å². The zero-order valence-corrected chi connectivity index (χ0v) is 12.2. The maximum absolute atomic E-state index is 13.0. The number of nitrogens with zero attached hydrogens (tertiary/aromatic N) is 2. The van der Waals surface area contributed by atoms with Crippen LogP contribution in [0.5, 0.6) is 0 Å². The lowest BCUT2D eigenvalue weighted by Crippen LogP contribution is -2.23. The van der Waals surface area contributed by atoms with Gasteiger partial charge in [-0.05, 0) is 31.2 Å². The molecular weight excluding hydrogens is 281 g/mol. The van der Waals surface area contributed by atoms with Gasteiger partial charge < -0.3 is 9.84 Å². The summed E-state index contributed by atoms with van der Waals surface area (Å²) >= 11 is 5.96. The Balaban J connectivity index is 1.98. The summed E-state index contributed by atoms with van der Waals surface area (Å²) in [4.78, 5) is 4.28. The summed E-state index contributed by atoms with van der Waals surface area (Å²) in [6.45, 7) is 5.09. The highest BCUT2D eigenvalue weighted by Gasteiger charge is 2.12. The lowest BCUT2D eigenvalue weighted by molar-refractivity contribution is 0.374. The molecule has 108 valence electrons. The minimum atomic E-state index is -0.387. The molecule has 0 amide bonds. The Morgan fingerprint density at radius 2 is 2.20 bits per heavy atom.